The summed E-state index contributed by atoms with van der Waals surface area (Å²) in [5.41, 5.74) is 4.39. The Morgan fingerprint density at radius 2 is 1.68 bits per heavy atom. The molecule has 2 rings (SSSR count). The molecule has 19 heavy (non-hydrogen) atoms. The average Bonchev–Trinajstić information content (AvgIpc) is 2.46. The number of rotatable bonds is 3. The normalized spacial score (nSPS) is 10.3. The van der Waals surface area contributed by atoms with E-state index in [9.17, 15) is 4.79 Å². The van der Waals surface area contributed by atoms with Gasteiger partial charge in [-0.05, 0) is 35.2 Å². The zero-order valence-corrected chi connectivity index (χ0v) is 11.7. The van der Waals surface area contributed by atoms with Crippen LogP contribution in [0.15, 0.2) is 48.5 Å². The molecule has 0 unspecified atom stereocenters. The minimum atomic E-state index is 0.0360. The van der Waals surface area contributed by atoms with Crippen molar-refractivity contribution in [1.82, 2.24) is 4.90 Å². The van der Waals surface area contributed by atoms with Crippen molar-refractivity contribution in [2.75, 3.05) is 14.1 Å². The highest BCUT2D eigenvalue weighted by Gasteiger charge is 2.07. The summed E-state index contributed by atoms with van der Waals surface area (Å²) < 4.78 is 0. The monoisotopic (exact) mass is 253 g/mol. The van der Waals surface area contributed by atoms with E-state index in [0.29, 0.717) is 0 Å². The topological polar surface area (TPSA) is 20.3 Å². The Kier molecular flexibility index (Phi) is 4.00. The summed E-state index contributed by atoms with van der Waals surface area (Å²) in [4.78, 5) is 13.4. The maximum atomic E-state index is 11.8. The summed E-state index contributed by atoms with van der Waals surface area (Å²) in [6.07, 6.45) is 1.03. The van der Waals surface area contributed by atoms with E-state index >= 15 is 0 Å². The summed E-state index contributed by atoms with van der Waals surface area (Å²) in [5, 5.41) is 0. The fourth-order valence-electron chi connectivity index (χ4n) is 2.03. The molecule has 0 N–H and O–H groups in total. The van der Waals surface area contributed by atoms with Crippen molar-refractivity contribution in [2.45, 2.75) is 13.3 Å². The summed E-state index contributed by atoms with van der Waals surface area (Å²) >= 11 is 0. The Bertz CT molecular complexity index is 570. The molecule has 0 heterocycles. The first-order valence-electron chi connectivity index (χ1n) is 6.53. The molecule has 0 aliphatic carbocycles. The second-order valence-corrected chi connectivity index (χ2v) is 4.83. The van der Waals surface area contributed by atoms with E-state index in [4.69, 9.17) is 0 Å². The number of benzene rings is 2. The Morgan fingerprint density at radius 1 is 1.00 bits per heavy atom. The van der Waals surface area contributed by atoms with Crippen LogP contribution in [-0.2, 0) is 6.42 Å². The summed E-state index contributed by atoms with van der Waals surface area (Å²) in [5.74, 6) is 0.0360. The highest BCUT2D eigenvalue weighted by molar-refractivity contribution is 5.94. The third kappa shape index (κ3) is 3.02. The molecule has 0 fully saturated rings. The van der Waals surface area contributed by atoms with E-state index in [2.05, 4.69) is 31.2 Å². The lowest BCUT2D eigenvalue weighted by Crippen LogP contribution is -2.21. The number of carbonyl (C=O) groups excluding carboxylic acids is 1. The second kappa shape index (κ2) is 5.70. The van der Waals surface area contributed by atoms with Crippen molar-refractivity contribution < 1.29 is 4.79 Å². The standard InChI is InChI=1S/C17H19NO/c1-4-13-6-5-7-16(12-13)14-8-10-15(11-9-14)17(19)18(2)3/h5-12H,4H2,1-3H3. The van der Waals surface area contributed by atoms with Gasteiger partial charge in [-0.2, -0.15) is 0 Å². The molecule has 0 saturated heterocycles. The van der Waals surface area contributed by atoms with Crippen molar-refractivity contribution in [3.8, 4) is 11.1 Å². The van der Waals surface area contributed by atoms with Crippen LogP contribution in [0.3, 0.4) is 0 Å². The highest BCUT2D eigenvalue weighted by atomic mass is 16.2. The molecule has 2 aromatic rings. The molecule has 98 valence electrons. The maximum Gasteiger partial charge on any atom is 0.253 e. The van der Waals surface area contributed by atoms with Crippen molar-refractivity contribution in [3.63, 3.8) is 0 Å². The number of aryl methyl sites for hydroxylation is 1. The third-order valence-corrected chi connectivity index (χ3v) is 3.21. The number of hydrogen-bond donors (Lipinski definition) is 0. The molecule has 1 amide bonds. The minimum Gasteiger partial charge on any atom is -0.345 e. The minimum absolute atomic E-state index is 0.0360. The number of hydrogen-bond acceptors (Lipinski definition) is 1. The quantitative estimate of drug-likeness (QED) is 0.818. The van der Waals surface area contributed by atoms with Crippen LogP contribution in [-0.4, -0.2) is 24.9 Å². The van der Waals surface area contributed by atoms with Gasteiger partial charge in [0.1, 0.15) is 0 Å². The molecule has 0 aliphatic heterocycles. The first-order chi connectivity index (χ1) is 9.11. The molecular formula is C17H19NO. The summed E-state index contributed by atoms with van der Waals surface area (Å²) in [6, 6.07) is 16.3. The van der Waals surface area contributed by atoms with Gasteiger partial charge in [-0.25, -0.2) is 0 Å². The molecule has 0 radical (unpaired) electrons. The molecule has 0 bridgehead atoms. The Morgan fingerprint density at radius 3 is 2.26 bits per heavy atom. The first kappa shape index (κ1) is 13.3. The lowest BCUT2D eigenvalue weighted by molar-refractivity contribution is 0.0827. The van der Waals surface area contributed by atoms with Gasteiger partial charge in [0, 0.05) is 19.7 Å². The van der Waals surface area contributed by atoms with Gasteiger partial charge >= 0.3 is 0 Å². The summed E-state index contributed by atoms with van der Waals surface area (Å²) in [7, 11) is 3.53. The number of amides is 1. The predicted octanol–water partition coefficient (Wildman–Crippen LogP) is 3.62. The fourth-order valence-corrected chi connectivity index (χ4v) is 2.03. The smallest absolute Gasteiger partial charge is 0.253 e. The highest BCUT2D eigenvalue weighted by Crippen LogP contribution is 2.21. The molecule has 0 spiro atoms. The van der Waals surface area contributed by atoms with Crippen LogP contribution in [0.4, 0.5) is 0 Å². The first-order valence-corrected chi connectivity index (χ1v) is 6.53. The molecule has 0 atom stereocenters. The van der Waals surface area contributed by atoms with Crippen LogP contribution in [0, 0.1) is 0 Å². The van der Waals surface area contributed by atoms with Gasteiger partial charge in [0.2, 0.25) is 0 Å². The van der Waals surface area contributed by atoms with Crippen LogP contribution in [0.2, 0.25) is 0 Å². The molecule has 2 nitrogen and oxygen atoms in total. The summed E-state index contributed by atoms with van der Waals surface area (Å²) in [6.45, 7) is 2.15. The molecule has 0 saturated carbocycles. The van der Waals surface area contributed by atoms with Gasteiger partial charge in [0.15, 0.2) is 0 Å². The van der Waals surface area contributed by atoms with E-state index in [1.807, 2.05) is 24.3 Å². The van der Waals surface area contributed by atoms with Crippen molar-refractivity contribution in [1.29, 1.82) is 0 Å². The maximum absolute atomic E-state index is 11.8. The lowest BCUT2D eigenvalue weighted by atomic mass is 10.0. The third-order valence-electron chi connectivity index (χ3n) is 3.21. The van der Waals surface area contributed by atoms with Gasteiger partial charge in [0.25, 0.3) is 5.91 Å². The predicted molar refractivity (Wildman–Crippen MR) is 79.3 cm³/mol. The van der Waals surface area contributed by atoms with E-state index in [1.54, 1.807) is 19.0 Å². The van der Waals surface area contributed by atoms with Crippen molar-refractivity contribution in [3.05, 3.63) is 59.7 Å². The van der Waals surface area contributed by atoms with E-state index in [0.717, 1.165) is 17.5 Å². The van der Waals surface area contributed by atoms with Crippen molar-refractivity contribution >= 4 is 5.91 Å². The molecule has 2 heteroatoms. The number of nitrogens with zero attached hydrogens (tertiary/aromatic N) is 1. The fraction of sp³-hybridized carbons (Fsp3) is 0.235. The van der Waals surface area contributed by atoms with Gasteiger partial charge in [-0.15, -0.1) is 0 Å². The molecule has 2 aromatic carbocycles. The SMILES string of the molecule is CCc1cccc(-c2ccc(C(=O)N(C)C)cc2)c1. The van der Waals surface area contributed by atoms with Crippen LogP contribution in [0.5, 0.6) is 0 Å². The second-order valence-electron chi connectivity index (χ2n) is 4.83. The van der Waals surface area contributed by atoms with Crippen molar-refractivity contribution in [2.24, 2.45) is 0 Å². The average molecular weight is 253 g/mol. The zero-order chi connectivity index (χ0) is 13.8. The van der Waals surface area contributed by atoms with Crippen LogP contribution < -0.4 is 0 Å². The van der Waals surface area contributed by atoms with E-state index in [-0.39, 0.29) is 5.91 Å². The Balaban J connectivity index is 2.29. The van der Waals surface area contributed by atoms with E-state index < -0.39 is 0 Å². The Labute approximate surface area is 114 Å². The van der Waals surface area contributed by atoms with Gasteiger partial charge in [0.05, 0.1) is 0 Å². The van der Waals surface area contributed by atoms with Crippen LogP contribution in [0.1, 0.15) is 22.8 Å². The van der Waals surface area contributed by atoms with Crippen LogP contribution >= 0.6 is 0 Å². The zero-order valence-electron chi connectivity index (χ0n) is 11.7. The molecular weight excluding hydrogens is 234 g/mol. The van der Waals surface area contributed by atoms with Gasteiger partial charge < -0.3 is 4.90 Å². The van der Waals surface area contributed by atoms with Crippen LogP contribution in [0.25, 0.3) is 11.1 Å². The number of carbonyl (C=O) groups is 1. The van der Waals surface area contributed by atoms with Gasteiger partial charge in [-0.1, -0.05) is 43.3 Å². The lowest BCUT2D eigenvalue weighted by Gasteiger charge is -2.10. The molecule has 0 aliphatic rings. The molecule has 0 aromatic heterocycles. The Hall–Kier alpha value is -2.09. The largest absolute Gasteiger partial charge is 0.345 e. The van der Waals surface area contributed by atoms with E-state index in [1.165, 1.54) is 11.1 Å². The van der Waals surface area contributed by atoms with Gasteiger partial charge in [-0.3, -0.25) is 4.79 Å².